The molecule has 2 rings (SSSR count). The fraction of sp³-hybridized carbons (Fsp3) is 0.500. The molecule has 1 aromatic rings. The van der Waals surface area contributed by atoms with E-state index < -0.39 is 0 Å². The molecule has 1 heterocycles. The second-order valence-electron chi connectivity index (χ2n) is 3.30. The van der Waals surface area contributed by atoms with Crippen LogP contribution in [-0.4, -0.2) is 16.2 Å². The first kappa shape index (κ1) is 7.34. The van der Waals surface area contributed by atoms with Gasteiger partial charge in [-0.1, -0.05) is 6.92 Å². The SMILES string of the molecule is CC1CC1Nc1cn[nH]c(=O)c1. The molecule has 1 aliphatic carbocycles. The minimum absolute atomic E-state index is 0.159. The molecule has 2 N–H and O–H groups in total. The molecule has 0 aromatic carbocycles. The minimum atomic E-state index is -0.159. The van der Waals surface area contributed by atoms with Crippen molar-refractivity contribution in [3.63, 3.8) is 0 Å². The van der Waals surface area contributed by atoms with E-state index in [1.807, 2.05) is 0 Å². The molecule has 4 nitrogen and oxygen atoms in total. The third-order valence-electron chi connectivity index (χ3n) is 2.13. The maximum atomic E-state index is 10.8. The van der Waals surface area contributed by atoms with Gasteiger partial charge in [-0.05, 0) is 12.3 Å². The molecule has 0 saturated heterocycles. The lowest BCUT2D eigenvalue weighted by atomic mass is 10.4. The molecule has 2 unspecified atom stereocenters. The fourth-order valence-corrected chi connectivity index (χ4v) is 1.19. The van der Waals surface area contributed by atoms with Crippen molar-refractivity contribution in [1.82, 2.24) is 10.2 Å². The van der Waals surface area contributed by atoms with Gasteiger partial charge in [-0.15, -0.1) is 0 Å². The Balaban J connectivity index is 2.08. The molecule has 1 aliphatic rings. The summed E-state index contributed by atoms with van der Waals surface area (Å²) in [6.45, 7) is 2.18. The Bertz CT molecular complexity index is 333. The summed E-state index contributed by atoms with van der Waals surface area (Å²) in [6, 6.07) is 2.06. The molecule has 2 atom stereocenters. The number of nitrogens with zero attached hydrogens (tertiary/aromatic N) is 1. The Hall–Kier alpha value is -1.32. The molecule has 1 saturated carbocycles. The van der Waals surface area contributed by atoms with Gasteiger partial charge in [0.1, 0.15) is 0 Å². The van der Waals surface area contributed by atoms with Crippen molar-refractivity contribution >= 4 is 5.69 Å². The van der Waals surface area contributed by atoms with Gasteiger partial charge in [-0.3, -0.25) is 4.79 Å². The lowest BCUT2D eigenvalue weighted by molar-refractivity contribution is 0.920. The predicted octanol–water partition coefficient (Wildman–Crippen LogP) is 0.590. The highest BCUT2D eigenvalue weighted by Crippen LogP contribution is 2.31. The van der Waals surface area contributed by atoms with Crippen LogP contribution < -0.4 is 10.9 Å². The van der Waals surface area contributed by atoms with Crippen LogP contribution in [0, 0.1) is 5.92 Å². The lowest BCUT2D eigenvalue weighted by Crippen LogP contribution is -2.10. The van der Waals surface area contributed by atoms with Gasteiger partial charge < -0.3 is 5.32 Å². The van der Waals surface area contributed by atoms with Crippen molar-refractivity contribution in [3.05, 3.63) is 22.6 Å². The van der Waals surface area contributed by atoms with Gasteiger partial charge in [0.15, 0.2) is 0 Å². The number of aromatic amines is 1. The first-order chi connectivity index (χ1) is 5.75. The number of H-pyrrole nitrogens is 1. The van der Waals surface area contributed by atoms with Crippen LogP contribution >= 0.6 is 0 Å². The van der Waals surface area contributed by atoms with E-state index >= 15 is 0 Å². The molecule has 4 heteroatoms. The van der Waals surface area contributed by atoms with E-state index in [9.17, 15) is 4.79 Å². The van der Waals surface area contributed by atoms with Gasteiger partial charge in [-0.2, -0.15) is 5.10 Å². The average Bonchev–Trinajstić information content (AvgIpc) is 2.66. The highest BCUT2D eigenvalue weighted by molar-refractivity contribution is 5.41. The fourth-order valence-electron chi connectivity index (χ4n) is 1.19. The Morgan fingerprint density at radius 3 is 3.08 bits per heavy atom. The molecule has 0 aliphatic heterocycles. The summed E-state index contributed by atoms with van der Waals surface area (Å²) in [5.41, 5.74) is 0.654. The van der Waals surface area contributed by atoms with Crippen LogP contribution in [-0.2, 0) is 0 Å². The van der Waals surface area contributed by atoms with E-state index in [4.69, 9.17) is 0 Å². The third-order valence-corrected chi connectivity index (χ3v) is 2.13. The van der Waals surface area contributed by atoms with E-state index in [0.29, 0.717) is 6.04 Å². The van der Waals surface area contributed by atoms with E-state index in [-0.39, 0.29) is 5.56 Å². The van der Waals surface area contributed by atoms with Crippen LogP contribution in [0.2, 0.25) is 0 Å². The average molecular weight is 165 g/mol. The summed E-state index contributed by atoms with van der Waals surface area (Å²) >= 11 is 0. The first-order valence-corrected chi connectivity index (χ1v) is 4.07. The highest BCUT2D eigenvalue weighted by Gasteiger charge is 2.32. The normalized spacial score (nSPS) is 26.8. The molecule has 12 heavy (non-hydrogen) atoms. The lowest BCUT2D eigenvalue weighted by Gasteiger charge is -2.01. The zero-order chi connectivity index (χ0) is 8.55. The standard InChI is InChI=1S/C8H11N3O/c1-5-2-7(5)10-6-3-8(12)11-9-4-6/h3-5,7H,2H2,1H3,(H2,10,11,12). The van der Waals surface area contributed by atoms with Crippen molar-refractivity contribution in [2.24, 2.45) is 5.92 Å². The van der Waals surface area contributed by atoms with Crippen molar-refractivity contribution in [1.29, 1.82) is 0 Å². The van der Waals surface area contributed by atoms with E-state index in [1.165, 1.54) is 12.5 Å². The van der Waals surface area contributed by atoms with Gasteiger partial charge in [-0.25, -0.2) is 5.10 Å². The molecule has 0 amide bonds. The Labute approximate surface area is 70.0 Å². The predicted molar refractivity (Wildman–Crippen MR) is 46.0 cm³/mol. The van der Waals surface area contributed by atoms with E-state index in [2.05, 4.69) is 22.4 Å². The topological polar surface area (TPSA) is 57.8 Å². The third kappa shape index (κ3) is 1.47. The van der Waals surface area contributed by atoms with Crippen molar-refractivity contribution in [2.45, 2.75) is 19.4 Å². The second-order valence-corrected chi connectivity index (χ2v) is 3.30. The van der Waals surface area contributed by atoms with Crippen LogP contribution in [0.1, 0.15) is 13.3 Å². The molecule has 1 fully saturated rings. The monoisotopic (exact) mass is 165 g/mol. The van der Waals surface area contributed by atoms with Crippen LogP contribution in [0.3, 0.4) is 0 Å². The molecule has 0 spiro atoms. The zero-order valence-corrected chi connectivity index (χ0v) is 6.87. The number of nitrogens with one attached hydrogen (secondary N) is 2. The van der Waals surface area contributed by atoms with Gasteiger partial charge in [0.25, 0.3) is 5.56 Å². The van der Waals surface area contributed by atoms with Crippen LogP contribution in [0.25, 0.3) is 0 Å². The Morgan fingerprint density at radius 2 is 2.50 bits per heavy atom. The summed E-state index contributed by atoms with van der Waals surface area (Å²) in [7, 11) is 0. The van der Waals surface area contributed by atoms with Crippen molar-refractivity contribution in [2.75, 3.05) is 5.32 Å². The minimum Gasteiger partial charge on any atom is -0.381 e. The molecule has 0 bridgehead atoms. The van der Waals surface area contributed by atoms with Gasteiger partial charge in [0, 0.05) is 12.1 Å². The first-order valence-electron chi connectivity index (χ1n) is 4.07. The quantitative estimate of drug-likeness (QED) is 0.674. The Kier molecular flexibility index (Phi) is 1.60. The van der Waals surface area contributed by atoms with Crippen LogP contribution in [0.4, 0.5) is 5.69 Å². The maximum absolute atomic E-state index is 10.8. The number of aromatic nitrogens is 2. The largest absolute Gasteiger partial charge is 0.381 e. The number of hydrogen-bond donors (Lipinski definition) is 2. The molecule has 1 aromatic heterocycles. The second kappa shape index (κ2) is 2.62. The summed E-state index contributed by atoms with van der Waals surface area (Å²) < 4.78 is 0. The van der Waals surface area contributed by atoms with Crippen molar-refractivity contribution in [3.8, 4) is 0 Å². The maximum Gasteiger partial charge on any atom is 0.266 e. The molecular formula is C8H11N3O. The highest BCUT2D eigenvalue weighted by atomic mass is 16.1. The van der Waals surface area contributed by atoms with E-state index in [1.54, 1.807) is 6.20 Å². The van der Waals surface area contributed by atoms with Crippen LogP contribution in [0.5, 0.6) is 0 Å². The van der Waals surface area contributed by atoms with Gasteiger partial charge >= 0.3 is 0 Å². The summed E-state index contributed by atoms with van der Waals surface area (Å²) in [4.78, 5) is 10.8. The van der Waals surface area contributed by atoms with Gasteiger partial charge in [0.05, 0.1) is 11.9 Å². The molecule has 64 valence electrons. The van der Waals surface area contributed by atoms with Crippen molar-refractivity contribution < 1.29 is 0 Å². The van der Waals surface area contributed by atoms with Gasteiger partial charge in [0.2, 0.25) is 0 Å². The van der Waals surface area contributed by atoms with E-state index in [0.717, 1.165) is 11.6 Å². The molecule has 0 radical (unpaired) electrons. The Morgan fingerprint density at radius 1 is 1.75 bits per heavy atom. The summed E-state index contributed by atoms with van der Waals surface area (Å²) in [5, 5.41) is 9.24. The smallest absolute Gasteiger partial charge is 0.266 e. The number of hydrogen-bond acceptors (Lipinski definition) is 3. The summed E-state index contributed by atoms with van der Waals surface area (Å²) in [6.07, 6.45) is 2.82. The van der Waals surface area contributed by atoms with Crippen LogP contribution in [0.15, 0.2) is 17.1 Å². The number of anilines is 1. The summed E-state index contributed by atoms with van der Waals surface area (Å²) in [5.74, 6) is 0.726. The molecular weight excluding hydrogens is 154 g/mol. The number of rotatable bonds is 2. The zero-order valence-electron chi connectivity index (χ0n) is 6.87.